The van der Waals surface area contributed by atoms with Gasteiger partial charge < -0.3 is 15.7 Å². The van der Waals surface area contributed by atoms with E-state index in [1.807, 2.05) is 12.1 Å². The predicted molar refractivity (Wildman–Crippen MR) is 105 cm³/mol. The number of fused-ring (bicyclic) bond motifs is 1. The molecule has 2 aliphatic rings. The molecule has 3 N–H and O–H groups in total. The molecule has 134 valence electrons. The lowest BCUT2D eigenvalue weighted by Gasteiger charge is -2.16. The Morgan fingerprint density at radius 1 is 1.32 bits per heavy atom. The Bertz CT molecular complexity index is 728. The van der Waals surface area contributed by atoms with Gasteiger partial charge in [-0.05, 0) is 61.5 Å². The highest BCUT2D eigenvalue weighted by Crippen LogP contribution is 2.61. The second-order valence-electron chi connectivity index (χ2n) is 7.42. The molecule has 25 heavy (non-hydrogen) atoms. The summed E-state index contributed by atoms with van der Waals surface area (Å²) in [6, 6.07) is 10.3. The Hall–Kier alpha value is -1.59. The van der Waals surface area contributed by atoms with Gasteiger partial charge in [-0.1, -0.05) is 18.2 Å². The van der Waals surface area contributed by atoms with Crippen LogP contribution in [-0.2, 0) is 0 Å². The van der Waals surface area contributed by atoms with Crippen molar-refractivity contribution in [2.75, 3.05) is 19.6 Å². The quantitative estimate of drug-likeness (QED) is 0.523. The molecule has 0 amide bonds. The number of nitrogens with one attached hydrogen (secondary N) is 2. The van der Waals surface area contributed by atoms with Crippen LogP contribution in [0.15, 0.2) is 35.3 Å². The molecule has 0 radical (unpaired) electrons. The first kappa shape index (κ1) is 16.9. The fourth-order valence-corrected chi connectivity index (χ4v) is 4.64. The van der Waals surface area contributed by atoms with Crippen molar-refractivity contribution in [3.8, 4) is 0 Å². The van der Waals surface area contributed by atoms with Crippen molar-refractivity contribution in [3.05, 3.63) is 35.2 Å². The van der Waals surface area contributed by atoms with Crippen LogP contribution in [0.5, 0.6) is 0 Å². The molecule has 0 saturated heterocycles. The number of hydrogen-bond donors (Lipinski definition) is 3. The third-order valence-electron chi connectivity index (χ3n) is 5.47. The van der Waals surface area contributed by atoms with Gasteiger partial charge in [0.15, 0.2) is 5.96 Å². The van der Waals surface area contributed by atoms with Gasteiger partial charge in [0, 0.05) is 29.2 Å². The zero-order valence-corrected chi connectivity index (χ0v) is 15.6. The molecule has 0 aliphatic heterocycles. The smallest absolute Gasteiger partial charge is 0.191 e. The summed E-state index contributed by atoms with van der Waals surface area (Å²) >= 11 is 1.66. The minimum absolute atomic E-state index is 0.481. The molecule has 0 bridgehead atoms. The van der Waals surface area contributed by atoms with E-state index in [1.165, 1.54) is 35.8 Å². The van der Waals surface area contributed by atoms with Crippen molar-refractivity contribution in [2.45, 2.75) is 38.7 Å². The van der Waals surface area contributed by atoms with Gasteiger partial charge in [-0.2, -0.15) is 0 Å². The second kappa shape index (κ2) is 6.96. The minimum Gasteiger partial charge on any atom is -0.386 e. The highest BCUT2D eigenvalue weighted by molar-refractivity contribution is 7.19. The number of aliphatic imine (C=N–C) groups is 1. The van der Waals surface area contributed by atoms with Gasteiger partial charge >= 0.3 is 0 Å². The third-order valence-corrected chi connectivity index (χ3v) is 6.69. The van der Waals surface area contributed by atoms with E-state index in [-0.39, 0.29) is 0 Å². The minimum atomic E-state index is -0.514. The van der Waals surface area contributed by atoms with Gasteiger partial charge in [-0.15, -0.1) is 11.3 Å². The molecule has 2 fully saturated rings. The Labute approximate surface area is 153 Å². The lowest BCUT2D eigenvalue weighted by molar-refractivity contribution is 0.184. The van der Waals surface area contributed by atoms with Crippen LogP contribution in [0.4, 0.5) is 0 Å². The van der Waals surface area contributed by atoms with Crippen LogP contribution in [0.2, 0.25) is 0 Å². The van der Waals surface area contributed by atoms with E-state index in [4.69, 9.17) is 4.99 Å². The summed E-state index contributed by atoms with van der Waals surface area (Å²) in [6.07, 6.45) is 4.95. The zero-order valence-electron chi connectivity index (χ0n) is 14.8. The fraction of sp³-hybridized carbons (Fsp3) is 0.550. The van der Waals surface area contributed by atoms with Crippen LogP contribution < -0.4 is 10.6 Å². The van der Waals surface area contributed by atoms with Crippen LogP contribution in [0.25, 0.3) is 10.1 Å². The van der Waals surface area contributed by atoms with Crippen molar-refractivity contribution in [1.82, 2.24) is 10.6 Å². The largest absolute Gasteiger partial charge is 0.386 e. The van der Waals surface area contributed by atoms with E-state index in [0.29, 0.717) is 12.0 Å². The number of rotatable bonds is 7. The zero-order chi connectivity index (χ0) is 17.3. The highest BCUT2D eigenvalue weighted by Gasteiger charge is 2.53. The molecular formula is C20H27N3OS. The number of benzene rings is 1. The predicted octanol–water partition coefficient (Wildman–Crippen LogP) is 3.68. The van der Waals surface area contributed by atoms with Crippen molar-refractivity contribution in [1.29, 1.82) is 0 Å². The number of hydrogen-bond acceptors (Lipinski definition) is 3. The molecule has 5 heteroatoms. The average Bonchev–Trinajstić information content (AvgIpc) is 3.53. The lowest BCUT2D eigenvalue weighted by Crippen LogP contribution is -2.39. The summed E-state index contributed by atoms with van der Waals surface area (Å²) in [4.78, 5) is 5.81. The van der Waals surface area contributed by atoms with Gasteiger partial charge in [-0.3, -0.25) is 4.99 Å². The normalized spacial score (nSPS) is 20.5. The summed E-state index contributed by atoms with van der Waals surface area (Å²) in [6.45, 7) is 4.32. The first-order valence-corrected chi connectivity index (χ1v) is 10.2. The molecule has 1 atom stereocenters. The molecule has 4 nitrogen and oxygen atoms in total. The molecule has 0 spiro atoms. The summed E-state index contributed by atoms with van der Waals surface area (Å²) in [5.74, 6) is 1.75. The first-order valence-electron chi connectivity index (χ1n) is 9.39. The number of guanidine groups is 1. The molecule has 1 aromatic heterocycles. The van der Waals surface area contributed by atoms with Crippen LogP contribution in [0, 0.1) is 11.3 Å². The van der Waals surface area contributed by atoms with E-state index in [9.17, 15) is 5.11 Å². The summed E-state index contributed by atoms with van der Waals surface area (Å²) in [5, 5.41) is 18.4. The molecule has 2 aromatic rings. The van der Waals surface area contributed by atoms with E-state index in [1.54, 1.807) is 11.3 Å². The maximum Gasteiger partial charge on any atom is 0.191 e. The fourth-order valence-electron chi connectivity index (χ4n) is 3.59. The van der Waals surface area contributed by atoms with Crippen molar-refractivity contribution in [2.24, 2.45) is 16.3 Å². The van der Waals surface area contributed by atoms with Crippen LogP contribution in [0.3, 0.4) is 0 Å². The number of nitrogens with zero attached hydrogens (tertiary/aromatic N) is 1. The van der Waals surface area contributed by atoms with Gasteiger partial charge in [0.1, 0.15) is 6.10 Å². The number of aliphatic hydroxyl groups excluding tert-OH is 1. The van der Waals surface area contributed by atoms with Gasteiger partial charge in [0.25, 0.3) is 0 Å². The number of thiophene rings is 1. The summed E-state index contributed by atoms with van der Waals surface area (Å²) < 4.78 is 1.22. The van der Waals surface area contributed by atoms with Crippen molar-refractivity contribution >= 4 is 27.4 Å². The maximum atomic E-state index is 10.5. The van der Waals surface area contributed by atoms with Crippen molar-refractivity contribution < 1.29 is 5.11 Å². The Balaban J connectivity index is 1.36. The molecule has 1 aromatic carbocycles. The summed E-state index contributed by atoms with van der Waals surface area (Å²) in [7, 11) is 0. The Morgan fingerprint density at radius 3 is 2.80 bits per heavy atom. The molecular weight excluding hydrogens is 330 g/mol. The molecule has 1 unspecified atom stereocenters. The van der Waals surface area contributed by atoms with E-state index >= 15 is 0 Å². The topological polar surface area (TPSA) is 56.7 Å². The van der Waals surface area contributed by atoms with Gasteiger partial charge in [0.05, 0.1) is 0 Å². The van der Waals surface area contributed by atoms with Gasteiger partial charge in [-0.25, -0.2) is 0 Å². The first-order chi connectivity index (χ1) is 12.2. The SMILES string of the molecule is CCNC(=NCC1(C2CC2)CC1)NCC(O)c1cc2ccccc2s1. The van der Waals surface area contributed by atoms with Crippen LogP contribution >= 0.6 is 11.3 Å². The summed E-state index contributed by atoms with van der Waals surface area (Å²) in [5.41, 5.74) is 0.506. The molecule has 1 heterocycles. The van der Waals surface area contributed by atoms with Crippen molar-refractivity contribution in [3.63, 3.8) is 0 Å². The average molecular weight is 358 g/mol. The highest BCUT2D eigenvalue weighted by atomic mass is 32.1. The maximum absolute atomic E-state index is 10.5. The van der Waals surface area contributed by atoms with E-state index in [0.717, 1.165) is 29.8 Å². The van der Waals surface area contributed by atoms with Crippen LogP contribution in [-0.4, -0.2) is 30.7 Å². The monoisotopic (exact) mass is 357 g/mol. The van der Waals surface area contributed by atoms with Crippen LogP contribution in [0.1, 0.15) is 43.6 Å². The van der Waals surface area contributed by atoms with E-state index < -0.39 is 6.10 Å². The Morgan fingerprint density at radius 2 is 2.12 bits per heavy atom. The number of aliphatic hydroxyl groups is 1. The molecule has 4 rings (SSSR count). The third kappa shape index (κ3) is 3.82. The Kier molecular flexibility index (Phi) is 4.69. The lowest BCUT2D eigenvalue weighted by atomic mass is 10.0. The molecule has 2 aliphatic carbocycles. The van der Waals surface area contributed by atoms with E-state index in [2.05, 4.69) is 35.8 Å². The standard InChI is InChI=1S/C20H27N3OS/c1-2-21-19(23-13-20(9-10-20)15-7-8-15)22-12-16(24)18-11-14-5-3-4-6-17(14)25-18/h3-6,11,15-16,24H,2,7-10,12-13H2,1H3,(H2,21,22,23). The molecule has 2 saturated carbocycles. The van der Waals surface area contributed by atoms with Gasteiger partial charge in [0.2, 0.25) is 0 Å². The second-order valence-corrected chi connectivity index (χ2v) is 8.53.